The highest BCUT2D eigenvalue weighted by Crippen LogP contribution is 2.40. The van der Waals surface area contributed by atoms with E-state index in [4.69, 9.17) is 15.6 Å². The molecule has 1 aliphatic rings. The van der Waals surface area contributed by atoms with Crippen molar-refractivity contribution < 1.29 is 32.9 Å². The lowest BCUT2D eigenvalue weighted by molar-refractivity contribution is -0.148. The topological polar surface area (TPSA) is 126 Å². The third-order valence-corrected chi connectivity index (χ3v) is 2.69. The molecule has 0 spiro atoms. The van der Waals surface area contributed by atoms with E-state index in [-0.39, 0.29) is 5.82 Å². The van der Waals surface area contributed by atoms with Crippen LogP contribution in [0, 0.1) is 0 Å². The zero-order chi connectivity index (χ0) is 15.6. The van der Waals surface area contributed by atoms with Crippen molar-refractivity contribution in [2.24, 2.45) is 0 Å². The Hall–Kier alpha value is -2.27. The summed E-state index contributed by atoms with van der Waals surface area (Å²) in [6.45, 7) is -1.67. The number of carbonyl (C=O) groups is 1. The number of rotatable bonds is 3. The van der Waals surface area contributed by atoms with Gasteiger partial charge in [-0.3, -0.25) is 4.57 Å². The number of nitrogens with zero attached hydrogens (tertiary/aromatic N) is 2. The number of nitrogens with two attached hydrogens (primary N) is 1. The molecule has 0 amide bonds. The maximum Gasteiger partial charge on any atom is 0.510 e. The lowest BCUT2D eigenvalue weighted by Crippen LogP contribution is -2.42. The van der Waals surface area contributed by atoms with Crippen LogP contribution < -0.4 is 11.4 Å². The summed E-state index contributed by atoms with van der Waals surface area (Å²) < 4.78 is 41.9. The van der Waals surface area contributed by atoms with Crippen LogP contribution >= 0.6 is 0 Å². The molecule has 0 radical (unpaired) electrons. The van der Waals surface area contributed by atoms with Gasteiger partial charge in [0.2, 0.25) is 6.23 Å². The summed E-state index contributed by atoms with van der Waals surface area (Å²) in [4.78, 5) is 25.8. The first-order chi connectivity index (χ1) is 9.86. The predicted molar refractivity (Wildman–Crippen MR) is 61.3 cm³/mol. The zero-order valence-corrected chi connectivity index (χ0v) is 10.4. The van der Waals surface area contributed by atoms with E-state index in [0.29, 0.717) is 4.57 Å². The summed E-state index contributed by atoms with van der Waals surface area (Å²) in [5.74, 6) is -3.83. The van der Waals surface area contributed by atoms with Gasteiger partial charge in [-0.2, -0.15) is 13.8 Å². The van der Waals surface area contributed by atoms with Crippen LogP contribution in [0.25, 0.3) is 0 Å². The number of anilines is 1. The maximum atomic E-state index is 14.1. The average Bonchev–Trinajstić information content (AvgIpc) is 2.66. The van der Waals surface area contributed by atoms with E-state index < -0.39 is 43.5 Å². The molecule has 116 valence electrons. The molecule has 21 heavy (non-hydrogen) atoms. The fourth-order valence-electron chi connectivity index (χ4n) is 1.75. The second kappa shape index (κ2) is 5.61. The Morgan fingerprint density at radius 3 is 3.00 bits per heavy atom. The van der Waals surface area contributed by atoms with Crippen LogP contribution in [0.4, 0.5) is 19.4 Å². The average molecular weight is 307 g/mol. The van der Waals surface area contributed by atoms with Crippen molar-refractivity contribution in [3.05, 3.63) is 22.7 Å². The van der Waals surface area contributed by atoms with Gasteiger partial charge in [0, 0.05) is 6.20 Å². The van der Waals surface area contributed by atoms with E-state index in [1.165, 1.54) is 0 Å². The van der Waals surface area contributed by atoms with Crippen molar-refractivity contribution >= 4 is 12.0 Å². The molecule has 2 heterocycles. The molecular weight excluding hydrogens is 296 g/mol. The second-order valence-corrected chi connectivity index (χ2v) is 4.03. The van der Waals surface area contributed by atoms with Gasteiger partial charge in [-0.25, -0.2) is 9.59 Å². The van der Waals surface area contributed by atoms with Gasteiger partial charge in [0.15, 0.2) is 12.9 Å². The number of hydrogen-bond acceptors (Lipinski definition) is 8. The molecule has 1 aliphatic heterocycles. The van der Waals surface area contributed by atoms with Crippen LogP contribution in [0.5, 0.6) is 0 Å². The van der Waals surface area contributed by atoms with Gasteiger partial charge in [-0.15, -0.1) is 0 Å². The first-order valence-corrected chi connectivity index (χ1v) is 5.64. The molecule has 0 aromatic carbocycles. The van der Waals surface area contributed by atoms with Crippen molar-refractivity contribution in [3.63, 3.8) is 0 Å². The van der Waals surface area contributed by atoms with Gasteiger partial charge in [-0.05, 0) is 6.07 Å². The van der Waals surface area contributed by atoms with E-state index in [1.807, 2.05) is 0 Å². The van der Waals surface area contributed by atoms with E-state index >= 15 is 0 Å². The lowest BCUT2D eigenvalue weighted by atomic mass is 10.2. The Balaban J connectivity index is 2.20. The third kappa shape index (κ3) is 2.92. The van der Waals surface area contributed by atoms with E-state index in [0.717, 1.165) is 12.3 Å². The summed E-state index contributed by atoms with van der Waals surface area (Å²) in [5, 5.41) is 8.33. The molecule has 0 saturated carbocycles. The number of aromatic nitrogens is 2. The molecule has 0 unspecified atom stereocenters. The highest BCUT2D eigenvalue weighted by molar-refractivity contribution is 5.60. The van der Waals surface area contributed by atoms with Crippen LogP contribution in [0.3, 0.4) is 0 Å². The summed E-state index contributed by atoms with van der Waals surface area (Å²) in [6, 6.07) is 1.15. The molecule has 2 rings (SSSR count). The Bertz CT molecular complexity index is 592. The van der Waals surface area contributed by atoms with Crippen molar-refractivity contribution in [2.45, 2.75) is 18.3 Å². The normalized spacial score (nSPS) is 23.8. The van der Waals surface area contributed by atoms with Crippen molar-refractivity contribution in [1.82, 2.24) is 9.55 Å². The molecule has 1 saturated heterocycles. The van der Waals surface area contributed by atoms with Crippen molar-refractivity contribution in [3.8, 4) is 0 Å². The van der Waals surface area contributed by atoms with Gasteiger partial charge in [0.1, 0.15) is 5.82 Å². The zero-order valence-electron chi connectivity index (χ0n) is 10.4. The monoisotopic (exact) mass is 307 g/mol. The van der Waals surface area contributed by atoms with Crippen LogP contribution in [-0.2, 0) is 14.2 Å². The van der Waals surface area contributed by atoms with Crippen molar-refractivity contribution in [2.75, 3.05) is 19.1 Å². The number of aliphatic hydroxyl groups is 1. The molecule has 1 aromatic rings. The molecule has 1 aromatic heterocycles. The molecule has 3 N–H and O–H groups in total. The van der Waals surface area contributed by atoms with Crippen molar-refractivity contribution in [1.29, 1.82) is 0 Å². The van der Waals surface area contributed by atoms with E-state index in [2.05, 4.69) is 14.5 Å². The number of hydrogen-bond donors (Lipinski definition) is 2. The SMILES string of the molecule is Nc1ccn([C@@H]2OC[C@@H](OC(=O)OCO)C2(F)F)c(=O)n1. The predicted octanol–water partition coefficient (Wildman–Crippen LogP) is -0.539. The fraction of sp³-hybridized carbons (Fsp3) is 0.500. The van der Waals surface area contributed by atoms with Gasteiger partial charge < -0.3 is 25.1 Å². The van der Waals surface area contributed by atoms with Gasteiger partial charge >= 0.3 is 17.8 Å². The number of ether oxygens (including phenoxy) is 3. The highest BCUT2D eigenvalue weighted by Gasteiger charge is 2.57. The highest BCUT2D eigenvalue weighted by atomic mass is 19.3. The fourth-order valence-corrected chi connectivity index (χ4v) is 1.75. The van der Waals surface area contributed by atoms with E-state index in [1.54, 1.807) is 0 Å². The van der Waals surface area contributed by atoms with Crippen LogP contribution in [0.15, 0.2) is 17.1 Å². The minimum absolute atomic E-state index is 0.128. The Morgan fingerprint density at radius 1 is 1.67 bits per heavy atom. The lowest BCUT2D eigenvalue weighted by Gasteiger charge is -2.22. The number of aliphatic hydroxyl groups excluding tert-OH is 1. The largest absolute Gasteiger partial charge is 0.510 e. The van der Waals surface area contributed by atoms with Crippen LogP contribution in [-0.4, -0.2) is 46.2 Å². The molecule has 0 aliphatic carbocycles. The second-order valence-electron chi connectivity index (χ2n) is 4.03. The molecule has 9 nitrogen and oxygen atoms in total. The molecule has 1 fully saturated rings. The molecule has 11 heteroatoms. The Kier molecular flexibility index (Phi) is 4.04. The van der Waals surface area contributed by atoms with Gasteiger partial charge in [0.25, 0.3) is 0 Å². The standard InChI is InChI=1S/C10H11F2N3O6/c11-10(12)5(21-9(18)20-4-16)3-19-7(10)15-2-1-6(13)14-8(15)17/h1-2,5,7,16H,3-4H2,(H2,13,14,17)/t5-,7-/m1/s1. The van der Waals surface area contributed by atoms with Gasteiger partial charge in [-0.1, -0.05) is 0 Å². The Labute approximate surface area is 115 Å². The minimum Gasteiger partial charge on any atom is -0.422 e. The molecule has 2 atom stereocenters. The first-order valence-electron chi connectivity index (χ1n) is 5.64. The smallest absolute Gasteiger partial charge is 0.422 e. The summed E-state index contributed by atoms with van der Waals surface area (Å²) in [6.07, 6.45) is -4.44. The minimum atomic E-state index is -3.70. The van der Waals surface area contributed by atoms with Crippen LogP contribution in [0.1, 0.15) is 6.23 Å². The Morgan fingerprint density at radius 2 is 2.38 bits per heavy atom. The number of alkyl halides is 2. The van der Waals surface area contributed by atoms with Gasteiger partial charge in [0.05, 0.1) is 6.61 Å². The summed E-state index contributed by atoms with van der Waals surface area (Å²) in [5.41, 5.74) is 4.23. The number of carbonyl (C=O) groups excluding carboxylic acids is 1. The van der Waals surface area contributed by atoms with E-state index in [9.17, 15) is 18.4 Å². The molecular formula is C10H11F2N3O6. The van der Waals surface area contributed by atoms with Crippen LogP contribution in [0.2, 0.25) is 0 Å². The third-order valence-electron chi connectivity index (χ3n) is 2.69. The first kappa shape index (κ1) is 15.1. The molecule has 0 bridgehead atoms. The maximum absolute atomic E-state index is 14.1. The quantitative estimate of drug-likeness (QED) is 0.563. The number of nitrogen functional groups attached to an aromatic ring is 1. The summed E-state index contributed by atoms with van der Waals surface area (Å²) in [7, 11) is 0. The summed E-state index contributed by atoms with van der Waals surface area (Å²) >= 11 is 0. The number of halogens is 2.